The summed E-state index contributed by atoms with van der Waals surface area (Å²) in [4.78, 5) is 0.317. The molecule has 2 rings (SSSR count). The fourth-order valence-corrected chi connectivity index (χ4v) is 4.57. The minimum Gasteiger partial charge on any atom is -0.381 e. The average Bonchev–Trinajstić information content (AvgIpc) is 2.86. The standard InChI is InChI=1S/C14H22N2O2S2/c1-3-15-20(17,18)12-9-7-11(8-10-12)16-13-5-4-6-14(13)19-2/h7-10,13-16H,3-6H2,1-2H3. The molecule has 112 valence electrons. The second-order valence-electron chi connectivity index (χ2n) is 4.98. The van der Waals surface area contributed by atoms with Gasteiger partial charge in [-0.05, 0) is 43.4 Å². The zero-order valence-electron chi connectivity index (χ0n) is 11.9. The maximum Gasteiger partial charge on any atom is 0.240 e. The van der Waals surface area contributed by atoms with Gasteiger partial charge in [0, 0.05) is 23.5 Å². The molecule has 1 fully saturated rings. The van der Waals surface area contributed by atoms with E-state index in [0.717, 1.165) is 5.69 Å². The molecule has 0 spiro atoms. The van der Waals surface area contributed by atoms with Crippen molar-refractivity contribution in [1.29, 1.82) is 0 Å². The molecule has 2 N–H and O–H groups in total. The molecule has 0 radical (unpaired) electrons. The van der Waals surface area contributed by atoms with Gasteiger partial charge in [0.25, 0.3) is 0 Å². The van der Waals surface area contributed by atoms with Crippen LogP contribution in [0.3, 0.4) is 0 Å². The fourth-order valence-electron chi connectivity index (χ4n) is 2.59. The number of anilines is 1. The number of nitrogens with one attached hydrogen (secondary N) is 2. The highest BCUT2D eigenvalue weighted by Crippen LogP contribution is 2.30. The van der Waals surface area contributed by atoms with Gasteiger partial charge >= 0.3 is 0 Å². The molecule has 1 saturated carbocycles. The number of rotatable bonds is 6. The molecular formula is C14H22N2O2S2. The van der Waals surface area contributed by atoms with E-state index in [4.69, 9.17) is 0 Å². The molecule has 1 aromatic carbocycles. The van der Waals surface area contributed by atoms with Crippen LogP contribution in [0.2, 0.25) is 0 Å². The van der Waals surface area contributed by atoms with E-state index in [9.17, 15) is 8.42 Å². The Hall–Kier alpha value is -0.720. The lowest BCUT2D eigenvalue weighted by Gasteiger charge is -2.20. The maximum absolute atomic E-state index is 11.9. The van der Waals surface area contributed by atoms with Crippen molar-refractivity contribution in [1.82, 2.24) is 4.72 Å². The van der Waals surface area contributed by atoms with Crippen molar-refractivity contribution in [3.05, 3.63) is 24.3 Å². The first kappa shape index (κ1) is 15.7. The van der Waals surface area contributed by atoms with E-state index in [1.54, 1.807) is 19.1 Å². The SMILES string of the molecule is CCNS(=O)(=O)c1ccc(NC2CCCC2SC)cc1. The topological polar surface area (TPSA) is 58.2 Å². The summed E-state index contributed by atoms with van der Waals surface area (Å²) in [5, 5.41) is 4.17. The number of hydrogen-bond donors (Lipinski definition) is 2. The summed E-state index contributed by atoms with van der Waals surface area (Å²) in [5.41, 5.74) is 0.992. The van der Waals surface area contributed by atoms with Crippen LogP contribution in [0, 0.1) is 0 Å². The van der Waals surface area contributed by atoms with Gasteiger partial charge in [0.1, 0.15) is 0 Å². The van der Waals surface area contributed by atoms with E-state index in [-0.39, 0.29) is 0 Å². The molecular weight excluding hydrogens is 292 g/mol. The Morgan fingerprint density at radius 1 is 1.25 bits per heavy atom. The first-order valence-corrected chi connectivity index (χ1v) is 9.73. The van der Waals surface area contributed by atoms with E-state index < -0.39 is 10.0 Å². The van der Waals surface area contributed by atoms with Crippen molar-refractivity contribution >= 4 is 27.5 Å². The summed E-state index contributed by atoms with van der Waals surface area (Å²) in [5.74, 6) is 0. The minimum atomic E-state index is -3.35. The Bertz CT molecular complexity index is 529. The normalized spacial score (nSPS) is 22.9. The van der Waals surface area contributed by atoms with Crippen molar-refractivity contribution in [2.45, 2.75) is 42.4 Å². The van der Waals surface area contributed by atoms with Crippen molar-refractivity contribution in [2.24, 2.45) is 0 Å². The summed E-state index contributed by atoms with van der Waals surface area (Å²) in [6.45, 7) is 2.18. The Labute approximate surface area is 125 Å². The largest absolute Gasteiger partial charge is 0.381 e. The highest BCUT2D eigenvalue weighted by Gasteiger charge is 2.26. The second-order valence-corrected chi connectivity index (χ2v) is 7.83. The van der Waals surface area contributed by atoms with Gasteiger partial charge < -0.3 is 5.32 Å². The van der Waals surface area contributed by atoms with Crippen molar-refractivity contribution in [2.75, 3.05) is 18.1 Å². The molecule has 20 heavy (non-hydrogen) atoms. The zero-order chi connectivity index (χ0) is 14.6. The van der Waals surface area contributed by atoms with E-state index in [0.29, 0.717) is 22.7 Å². The smallest absolute Gasteiger partial charge is 0.240 e. The molecule has 4 nitrogen and oxygen atoms in total. The van der Waals surface area contributed by atoms with Crippen LogP contribution in [0.1, 0.15) is 26.2 Å². The molecule has 0 aromatic heterocycles. The Kier molecular flexibility index (Phi) is 5.35. The molecule has 6 heteroatoms. The van der Waals surface area contributed by atoms with Crippen molar-refractivity contribution in [3.8, 4) is 0 Å². The summed E-state index contributed by atoms with van der Waals surface area (Å²) >= 11 is 1.91. The van der Waals surface area contributed by atoms with Gasteiger partial charge in [0.05, 0.1) is 4.90 Å². The molecule has 0 aliphatic heterocycles. The van der Waals surface area contributed by atoms with Crippen LogP contribution in [-0.4, -0.2) is 32.5 Å². The average molecular weight is 314 g/mol. The van der Waals surface area contributed by atoms with Gasteiger partial charge in [-0.2, -0.15) is 11.8 Å². The summed E-state index contributed by atoms with van der Waals surface area (Å²) in [6.07, 6.45) is 5.85. The van der Waals surface area contributed by atoms with Gasteiger partial charge in [-0.3, -0.25) is 0 Å². The monoisotopic (exact) mass is 314 g/mol. The van der Waals surface area contributed by atoms with Crippen LogP contribution >= 0.6 is 11.8 Å². The molecule has 1 aromatic rings. The Morgan fingerprint density at radius 3 is 2.55 bits per heavy atom. The fraction of sp³-hybridized carbons (Fsp3) is 0.571. The Morgan fingerprint density at radius 2 is 1.95 bits per heavy atom. The van der Waals surface area contributed by atoms with Crippen LogP contribution in [0.5, 0.6) is 0 Å². The van der Waals surface area contributed by atoms with Gasteiger partial charge in [-0.1, -0.05) is 13.3 Å². The number of hydrogen-bond acceptors (Lipinski definition) is 4. The van der Waals surface area contributed by atoms with Crippen LogP contribution < -0.4 is 10.0 Å². The molecule has 0 heterocycles. The first-order chi connectivity index (χ1) is 9.56. The van der Waals surface area contributed by atoms with E-state index in [1.807, 2.05) is 23.9 Å². The molecule has 2 unspecified atom stereocenters. The molecule has 0 bridgehead atoms. The third kappa shape index (κ3) is 3.68. The lowest BCUT2D eigenvalue weighted by molar-refractivity contribution is 0.584. The molecule has 1 aliphatic rings. The Balaban J connectivity index is 2.05. The van der Waals surface area contributed by atoms with Crippen molar-refractivity contribution < 1.29 is 8.42 Å². The quantitative estimate of drug-likeness (QED) is 0.847. The maximum atomic E-state index is 11.9. The van der Waals surface area contributed by atoms with E-state index in [1.165, 1.54) is 19.3 Å². The highest BCUT2D eigenvalue weighted by atomic mass is 32.2. The molecule has 0 saturated heterocycles. The third-order valence-electron chi connectivity index (χ3n) is 3.61. The van der Waals surface area contributed by atoms with Gasteiger partial charge in [-0.15, -0.1) is 0 Å². The molecule has 0 amide bonds. The number of thioether (sulfide) groups is 1. The lowest BCUT2D eigenvalue weighted by Crippen LogP contribution is -2.26. The molecule has 2 atom stereocenters. The van der Waals surface area contributed by atoms with Crippen LogP contribution in [0.4, 0.5) is 5.69 Å². The minimum absolute atomic E-state index is 0.317. The summed E-state index contributed by atoms with van der Waals surface area (Å²) in [6, 6.07) is 7.49. The van der Waals surface area contributed by atoms with Crippen LogP contribution in [0.15, 0.2) is 29.2 Å². The van der Waals surface area contributed by atoms with Gasteiger partial charge in [0.15, 0.2) is 0 Å². The predicted molar refractivity (Wildman–Crippen MR) is 85.9 cm³/mol. The second kappa shape index (κ2) is 6.83. The first-order valence-electron chi connectivity index (χ1n) is 6.96. The van der Waals surface area contributed by atoms with E-state index >= 15 is 0 Å². The van der Waals surface area contributed by atoms with Crippen LogP contribution in [-0.2, 0) is 10.0 Å². The van der Waals surface area contributed by atoms with Crippen molar-refractivity contribution in [3.63, 3.8) is 0 Å². The molecule has 1 aliphatic carbocycles. The van der Waals surface area contributed by atoms with Gasteiger partial charge in [0.2, 0.25) is 10.0 Å². The van der Waals surface area contributed by atoms with Crippen LogP contribution in [0.25, 0.3) is 0 Å². The zero-order valence-corrected chi connectivity index (χ0v) is 13.6. The number of benzene rings is 1. The summed E-state index contributed by atoms with van der Waals surface area (Å²) < 4.78 is 26.2. The van der Waals surface area contributed by atoms with E-state index in [2.05, 4.69) is 16.3 Å². The summed E-state index contributed by atoms with van der Waals surface area (Å²) in [7, 11) is -3.35. The predicted octanol–water partition coefficient (Wildman–Crippen LogP) is 2.68. The lowest BCUT2D eigenvalue weighted by atomic mass is 10.2. The van der Waals surface area contributed by atoms with Gasteiger partial charge in [-0.25, -0.2) is 13.1 Å². The number of sulfonamides is 1. The third-order valence-corrected chi connectivity index (χ3v) is 6.34. The highest BCUT2D eigenvalue weighted by molar-refractivity contribution is 7.99.